The molecule has 0 aromatic heterocycles. The van der Waals surface area contributed by atoms with Crippen LogP contribution in [0.1, 0.15) is 74.9 Å². The topological polar surface area (TPSA) is 47.9 Å². The highest BCUT2D eigenvalue weighted by atomic mass is 16.5. The fraction of sp³-hybridized carbons (Fsp3) is 0.333. The molecule has 0 heterocycles. The number of benzene rings is 3. The Bertz CT molecular complexity index is 1060. The number of hydrogen-bond acceptors (Lipinski definition) is 4. The first kappa shape index (κ1) is 25.2. The number of hydrogen-bond donors (Lipinski definition) is 0. The first-order chi connectivity index (χ1) is 16.3. The molecule has 0 amide bonds. The summed E-state index contributed by atoms with van der Waals surface area (Å²) in [7, 11) is 0. The molecule has 3 aromatic rings. The van der Waals surface area contributed by atoms with Crippen LogP contribution in [0.3, 0.4) is 0 Å². The lowest BCUT2D eigenvalue weighted by atomic mass is 9.87. The minimum atomic E-state index is -0.371. The number of carbonyl (C=O) groups excluding carboxylic acids is 1. The molecular formula is C30H35NO3. The maximum atomic E-state index is 12.4. The molecule has 0 aliphatic carbocycles. The van der Waals surface area contributed by atoms with Gasteiger partial charge in [-0.2, -0.15) is 0 Å². The Hall–Kier alpha value is -3.40. The van der Waals surface area contributed by atoms with E-state index in [1.807, 2.05) is 66.9 Å². The van der Waals surface area contributed by atoms with E-state index >= 15 is 0 Å². The number of nitrogens with zero attached hydrogens (tertiary/aromatic N) is 1. The lowest BCUT2D eigenvalue weighted by molar-refractivity contribution is 0.0734. The van der Waals surface area contributed by atoms with E-state index in [0.29, 0.717) is 11.3 Å². The van der Waals surface area contributed by atoms with Crippen molar-refractivity contribution in [2.45, 2.75) is 58.8 Å². The molecule has 0 unspecified atom stereocenters. The van der Waals surface area contributed by atoms with Crippen LogP contribution in [-0.2, 0) is 5.41 Å². The number of aliphatic imine (C=N–C) groups is 1. The van der Waals surface area contributed by atoms with Crippen LogP contribution in [0.15, 0.2) is 77.8 Å². The van der Waals surface area contributed by atoms with Crippen molar-refractivity contribution >= 4 is 17.9 Å². The first-order valence-electron chi connectivity index (χ1n) is 12.0. The van der Waals surface area contributed by atoms with E-state index in [1.165, 1.54) is 24.8 Å². The third-order valence-corrected chi connectivity index (χ3v) is 5.54. The maximum Gasteiger partial charge on any atom is 0.343 e. The monoisotopic (exact) mass is 457 g/mol. The predicted octanol–water partition coefficient (Wildman–Crippen LogP) is 7.91. The molecule has 0 aliphatic heterocycles. The van der Waals surface area contributed by atoms with Gasteiger partial charge in [0.15, 0.2) is 0 Å². The van der Waals surface area contributed by atoms with Crippen molar-refractivity contribution in [1.29, 1.82) is 0 Å². The summed E-state index contributed by atoms with van der Waals surface area (Å²) < 4.78 is 11.3. The summed E-state index contributed by atoms with van der Waals surface area (Å²) in [6, 6.07) is 22.7. The minimum absolute atomic E-state index is 0.0441. The smallest absolute Gasteiger partial charge is 0.343 e. The Labute approximate surface area is 203 Å². The predicted molar refractivity (Wildman–Crippen MR) is 140 cm³/mol. The van der Waals surface area contributed by atoms with E-state index < -0.39 is 0 Å². The molecule has 0 saturated heterocycles. The van der Waals surface area contributed by atoms with Crippen LogP contribution in [0.5, 0.6) is 11.5 Å². The van der Waals surface area contributed by atoms with Crippen molar-refractivity contribution < 1.29 is 14.3 Å². The summed E-state index contributed by atoms with van der Waals surface area (Å²) in [6.07, 6.45) is 6.60. The van der Waals surface area contributed by atoms with E-state index in [2.05, 4.69) is 32.7 Å². The van der Waals surface area contributed by atoms with Gasteiger partial charge in [0, 0.05) is 6.21 Å². The number of carbonyl (C=O) groups is 1. The molecule has 4 nitrogen and oxygen atoms in total. The highest BCUT2D eigenvalue weighted by molar-refractivity contribution is 5.91. The van der Waals surface area contributed by atoms with Crippen LogP contribution < -0.4 is 9.47 Å². The SMILES string of the molecule is CCCCCCOc1ccc(C=Nc2ccc(OC(=O)c3ccc(C(C)(C)C)cc3)cc2)cc1. The summed E-state index contributed by atoms with van der Waals surface area (Å²) in [5.41, 5.74) is 3.53. The van der Waals surface area contributed by atoms with Crippen LogP contribution in [0.4, 0.5) is 5.69 Å². The molecule has 0 radical (unpaired) electrons. The van der Waals surface area contributed by atoms with E-state index in [0.717, 1.165) is 30.0 Å². The summed E-state index contributed by atoms with van der Waals surface area (Å²) in [6.45, 7) is 9.39. The van der Waals surface area contributed by atoms with Crippen molar-refractivity contribution in [2.24, 2.45) is 4.99 Å². The highest BCUT2D eigenvalue weighted by Gasteiger charge is 2.15. The van der Waals surface area contributed by atoms with Crippen molar-refractivity contribution in [3.8, 4) is 11.5 Å². The third kappa shape index (κ3) is 7.87. The molecule has 3 aromatic carbocycles. The van der Waals surface area contributed by atoms with Crippen LogP contribution in [0.2, 0.25) is 0 Å². The van der Waals surface area contributed by atoms with Crippen LogP contribution in [0, 0.1) is 0 Å². The van der Waals surface area contributed by atoms with Crippen molar-refractivity contribution in [2.75, 3.05) is 6.61 Å². The van der Waals surface area contributed by atoms with Gasteiger partial charge in [0.2, 0.25) is 0 Å². The van der Waals surface area contributed by atoms with Gasteiger partial charge in [-0.3, -0.25) is 4.99 Å². The first-order valence-corrected chi connectivity index (χ1v) is 12.0. The second-order valence-electron chi connectivity index (χ2n) is 9.45. The Kier molecular flexibility index (Phi) is 9.03. The number of ether oxygens (including phenoxy) is 2. The van der Waals surface area contributed by atoms with Gasteiger partial charge in [0.1, 0.15) is 11.5 Å². The average molecular weight is 458 g/mol. The largest absolute Gasteiger partial charge is 0.494 e. The van der Waals surface area contributed by atoms with Crippen molar-refractivity contribution in [3.05, 3.63) is 89.5 Å². The molecule has 4 heteroatoms. The van der Waals surface area contributed by atoms with E-state index in [9.17, 15) is 4.79 Å². The second-order valence-corrected chi connectivity index (χ2v) is 9.45. The molecule has 0 aliphatic rings. The molecule has 178 valence electrons. The Morgan fingerprint density at radius 2 is 1.47 bits per heavy atom. The lowest BCUT2D eigenvalue weighted by Gasteiger charge is -2.18. The van der Waals surface area contributed by atoms with E-state index in [1.54, 1.807) is 12.1 Å². The van der Waals surface area contributed by atoms with Gasteiger partial charge in [-0.05, 0) is 83.6 Å². The zero-order valence-corrected chi connectivity index (χ0v) is 20.7. The van der Waals surface area contributed by atoms with Gasteiger partial charge in [-0.25, -0.2) is 4.79 Å². The van der Waals surface area contributed by atoms with Gasteiger partial charge in [0.05, 0.1) is 17.9 Å². The molecule has 0 saturated carbocycles. The normalized spacial score (nSPS) is 11.5. The zero-order chi connectivity index (χ0) is 24.4. The van der Waals surface area contributed by atoms with Crippen molar-refractivity contribution in [1.82, 2.24) is 0 Å². The van der Waals surface area contributed by atoms with Gasteiger partial charge < -0.3 is 9.47 Å². The standard InChI is InChI=1S/C30H35NO3/c1-5-6-7-8-21-33-27-17-9-23(10-18-27)22-31-26-15-19-28(20-16-26)34-29(32)24-11-13-25(14-12-24)30(2,3)4/h9-20,22H,5-8,21H2,1-4H3. The fourth-order valence-electron chi connectivity index (χ4n) is 3.39. The molecule has 0 atom stereocenters. The molecule has 0 spiro atoms. The van der Waals surface area contributed by atoms with E-state index in [4.69, 9.17) is 9.47 Å². The molecule has 3 rings (SSSR count). The molecular weight excluding hydrogens is 422 g/mol. The fourth-order valence-corrected chi connectivity index (χ4v) is 3.39. The second kappa shape index (κ2) is 12.2. The number of unbranched alkanes of at least 4 members (excludes halogenated alkanes) is 3. The van der Waals surface area contributed by atoms with Crippen LogP contribution in [0.25, 0.3) is 0 Å². The Balaban J connectivity index is 1.51. The third-order valence-electron chi connectivity index (χ3n) is 5.54. The summed E-state index contributed by atoms with van der Waals surface area (Å²) in [5.74, 6) is 1.00. The minimum Gasteiger partial charge on any atom is -0.494 e. The molecule has 0 bridgehead atoms. The van der Waals surface area contributed by atoms with Gasteiger partial charge in [0.25, 0.3) is 0 Å². The lowest BCUT2D eigenvalue weighted by Crippen LogP contribution is -2.12. The molecule has 0 N–H and O–H groups in total. The maximum absolute atomic E-state index is 12.4. The van der Waals surface area contributed by atoms with Gasteiger partial charge in [-0.1, -0.05) is 59.1 Å². The quantitative estimate of drug-likeness (QED) is 0.134. The average Bonchev–Trinajstić information content (AvgIpc) is 2.84. The van der Waals surface area contributed by atoms with E-state index in [-0.39, 0.29) is 11.4 Å². The highest BCUT2D eigenvalue weighted by Crippen LogP contribution is 2.23. The summed E-state index contributed by atoms with van der Waals surface area (Å²) in [4.78, 5) is 17.0. The van der Waals surface area contributed by atoms with Crippen LogP contribution in [-0.4, -0.2) is 18.8 Å². The van der Waals surface area contributed by atoms with Crippen LogP contribution >= 0.6 is 0 Å². The summed E-state index contributed by atoms with van der Waals surface area (Å²) in [5, 5.41) is 0. The zero-order valence-electron chi connectivity index (χ0n) is 20.7. The number of esters is 1. The molecule has 0 fully saturated rings. The van der Waals surface area contributed by atoms with Gasteiger partial charge >= 0.3 is 5.97 Å². The van der Waals surface area contributed by atoms with Crippen molar-refractivity contribution in [3.63, 3.8) is 0 Å². The van der Waals surface area contributed by atoms with Gasteiger partial charge in [-0.15, -0.1) is 0 Å². The number of rotatable bonds is 10. The molecule has 34 heavy (non-hydrogen) atoms. The summed E-state index contributed by atoms with van der Waals surface area (Å²) >= 11 is 0. The Morgan fingerprint density at radius 1 is 0.824 bits per heavy atom. The Morgan fingerprint density at radius 3 is 2.09 bits per heavy atom.